The molecule has 20 heavy (non-hydrogen) atoms. The molecule has 0 saturated carbocycles. The average Bonchev–Trinajstić information content (AvgIpc) is 2.37. The van der Waals surface area contributed by atoms with E-state index in [0.29, 0.717) is 19.6 Å². The van der Waals surface area contributed by atoms with Gasteiger partial charge in [-0.15, -0.1) is 0 Å². The van der Waals surface area contributed by atoms with Crippen LogP contribution in [0.3, 0.4) is 0 Å². The van der Waals surface area contributed by atoms with E-state index in [4.69, 9.17) is 0 Å². The molecule has 5 nitrogen and oxygen atoms in total. The Morgan fingerprint density at radius 2 is 1.65 bits per heavy atom. The van der Waals surface area contributed by atoms with Gasteiger partial charge in [0.15, 0.2) is 0 Å². The van der Waals surface area contributed by atoms with Crippen LogP contribution in [0.1, 0.15) is 51.9 Å². The zero-order chi connectivity index (χ0) is 14.8. The standard InChI is InChI=1S/C14H31N3O2S/c1-3-10-15-11-9-12-16(2)20(18,19)17-13-7-5-4-6-8-14-17/h15H,3-14H2,1-2H3. The molecule has 1 aliphatic rings. The lowest BCUT2D eigenvalue weighted by Gasteiger charge is -2.28. The lowest BCUT2D eigenvalue weighted by molar-refractivity contribution is 0.328. The van der Waals surface area contributed by atoms with Crippen LogP contribution in [0.4, 0.5) is 0 Å². The molecule has 1 heterocycles. The molecule has 0 radical (unpaired) electrons. The largest absolute Gasteiger partial charge is 0.317 e. The molecule has 0 aromatic carbocycles. The van der Waals surface area contributed by atoms with E-state index in [1.807, 2.05) is 0 Å². The van der Waals surface area contributed by atoms with Gasteiger partial charge in [-0.25, -0.2) is 0 Å². The van der Waals surface area contributed by atoms with Crippen molar-refractivity contribution in [3.05, 3.63) is 0 Å². The maximum absolute atomic E-state index is 12.5. The van der Waals surface area contributed by atoms with Crippen LogP contribution in [-0.4, -0.2) is 56.8 Å². The Hall–Kier alpha value is -0.170. The van der Waals surface area contributed by atoms with Crippen molar-refractivity contribution in [3.8, 4) is 0 Å². The fraction of sp³-hybridized carbons (Fsp3) is 1.00. The smallest absolute Gasteiger partial charge is 0.281 e. The first-order chi connectivity index (χ1) is 9.59. The second-order valence-corrected chi connectivity index (χ2v) is 7.64. The van der Waals surface area contributed by atoms with E-state index >= 15 is 0 Å². The van der Waals surface area contributed by atoms with Crippen molar-refractivity contribution in [2.75, 3.05) is 39.8 Å². The van der Waals surface area contributed by atoms with E-state index in [0.717, 1.165) is 51.6 Å². The predicted octanol–water partition coefficient (Wildman–Crippen LogP) is 1.82. The molecule has 1 saturated heterocycles. The van der Waals surface area contributed by atoms with Gasteiger partial charge in [-0.3, -0.25) is 0 Å². The molecular weight excluding hydrogens is 274 g/mol. The van der Waals surface area contributed by atoms with Crippen molar-refractivity contribution >= 4 is 10.2 Å². The summed E-state index contributed by atoms with van der Waals surface area (Å²) in [5.41, 5.74) is 0. The summed E-state index contributed by atoms with van der Waals surface area (Å²) < 4.78 is 28.2. The molecule has 1 fully saturated rings. The number of nitrogens with one attached hydrogen (secondary N) is 1. The highest BCUT2D eigenvalue weighted by Crippen LogP contribution is 2.15. The summed E-state index contributed by atoms with van der Waals surface area (Å²) in [7, 11) is -1.55. The van der Waals surface area contributed by atoms with Gasteiger partial charge in [0.1, 0.15) is 0 Å². The van der Waals surface area contributed by atoms with Crippen molar-refractivity contribution < 1.29 is 8.42 Å². The van der Waals surface area contributed by atoms with Gasteiger partial charge in [0.05, 0.1) is 0 Å². The van der Waals surface area contributed by atoms with Gasteiger partial charge < -0.3 is 5.32 Å². The van der Waals surface area contributed by atoms with Crippen LogP contribution in [0, 0.1) is 0 Å². The lowest BCUT2D eigenvalue weighted by atomic mass is 10.1. The van der Waals surface area contributed by atoms with Gasteiger partial charge in [0.25, 0.3) is 10.2 Å². The molecule has 0 atom stereocenters. The third-order valence-corrected chi connectivity index (χ3v) is 5.78. The van der Waals surface area contributed by atoms with Gasteiger partial charge in [-0.2, -0.15) is 17.0 Å². The van der Waals surface area contributed by atoms with E-state index in [1.165, 1.54) is 10.7 Å². The third kappa shape index (κ3) is 6.08. The molecule has 0 aromatic heterocycles. The second kappa shape index (κ2) is 9.71. The molecule has 120 valence electrons. The van der Waals surface area contributed by atoms with Gasteiger partial charge in [-0.05, 0) is 38.8 Å². The molecule has 0 spiro atoms. The van der Waals surface area contributed by atoms with E-state index in [9.17, 15) is 8.42 Å². The van der Waals surface area contributed by atoms with Crippen LogP contribution in [0.15, 0.2) is 0 Å². The molecule has 1 rings (SSSR count). The quantitative estimate of drug-likeness (QED) is 0.696. The van der Waals surface area contributed by atoms with Crippen molar-refractivity contribution in [2.24, 2.45) is 0 Å². The molecule has 6 heteroatoms. The Morgan fingerprint density at radius 3 is 2.25 bits per heavy atom. The first-order valence-electron chi connectivity index (χ1n) is 8.01. The SMILES string of the molecule is CCCNCCCN(C)S(=O)(=O)N1CCCCCCC1. The Bertz CT molecular complexity index is 338. The fourth-order valence-corrected chi connectivity index (χ4v) is 3.96. The van der Waals surface area contributed by atoms with Gasteiger partial charge >= 0.3 is 0 Å². The minimum atomic E-state index is -3.26. The first kappa shape index (κ1) is 17.9. The van der Waals surface area contributed by atoms with Gasteiger partial charge in [0, 0.05) is 26.7 Å². The Morgan fingerprint density at radius 1 is 1.05 bits per heavy atom. The van der Waals surface area contributed by atoms with Crippen LogP contribution in [0.5, 0.6) is 0 Å². The lowest BCUT2D eigenvalue weighted by Crippen LogP contribution is -2.44. The van der Waals surface area contributed by atoms with Crippen LogP contribution in [0.2, 0.25) is 0 Å². The number of nitrogens with zero attached hydrogens (tertiary/aromatic N) is 2. The van der Waals surface area contributed by atoms with Crippen molar-refractivity contribution in [1.29, 1.82) is 0 Å². The number of hydrogen-bond donors (Lipinski definition) is 1. The van der Waals surface area contributed by atoms with Crippen LogP contribution in [-0.2, 0) is 10.2 Å². The third-order valence-electron chi connectivity index (χ3n) is 3.79. The van der Waals surface area contributed by atoms with E-state index < -0.39 is 10.2 Å². The van der Waals surface area contributed by atoms with Crippen molar-refractivity contribution in [2.45, 2.75) is 51.9 Å². The summed E-state index contributed by atoms with van der Waals surface area (Å²) in [5, 5.41) is 3.30. The van der Waals surface area contributed by atoms with Crippen molar-refractivity contribution in [3.63, 3.8) is 0 Å². The number of rotatable bonds is 8. The molecule has 0 aliphatic carbocycles. The molecular formula is C14H31N3O2S. The predicted molar refractivity (Wildman–Crippen MR) is 84.0 cm³/mol. The highest BCUT2D eigenvalue weighted by molar-refractivity contribution is 7.86. The fourth-order valence-electron chi connectivity index (χ4n) is 2.49. The maximum Gasteiger partial charge on any atom is 0.281 e. The van der Waals surface area contributed by atoms with Crippen LogP contribution < -0.4 is 5.32 Å². The summed E-state index contributed by atoms with van der Waals surface area (Å²) in [5.74, 6) is 0. The second-order valence-electron chi connectivity index (χ2n) is 5.60. The summed E-state index contributed by atoms with van der Waals surface area (Å²) in [6.45, 7) is 5.97. The molecule has 0 aromatic rings. The minimum Gasteiger partial charge on any atom is -0.317 e. The monoisotopic (exact) mass is 305 g/mol. The Balaban J connectivity index is 2.40. The number of hydrogen-bond acceptors (Lipinski definition) is 3. The highest BCUT2D eigenvalue weighted by atomic mass is 32.2. The molecule has 1 N–H and O–H groups in total. The first-order valence-corrected chi connectivity index (χ1v) is 9.41. The van der Waals surface area contributed by atoms with Gasteiger partial charge in [-0.1, -0.05) is 26.2 Å². The van der Waals surface area contributed by atoms with Gasteiger partial charge in [0.2, 0.25) is 0 Å². The topological polar surface area (TPSA) is 52.7 Å². The normalized spacial score (nSPS) is 18.9. The Kier molecular flexibility index (Phi) is 8.68. The Labute approximate surface area is 124 Å². The molecule has 0 unspecified atom stereocenters. The maximum atomic E-state index is 12.5. The van der Waals surface area contributed by atoms with E-state index in [-0.39, 0.29) is 0 Å². The van der Waals surface area contributed by atoms with Crippen molar-refractivity contribution in [1.82, 2.24) is 13.9 Å². The summed E-state index contributed by atoms with van der Waals surface area (Å²) in [6, 6.07) is 0. The summed E-state index contributed by atoms with van der Waals surface area (Å²) in [6.07, 6.45) is 7.50. The molecule has 0 bridgehead atoms. The zero-order valence-electron chi connectivity index (χ0n) is 13.1. The average molecular weight is 305 g/mol. The minimum absolute atomic E-state index is 0.593. The van der Waals surface area contributed by atoms with E-state index in [1.54, 1.807) is 11.4 Å². The van der Waals surface area contributed by atoms with E-state index in [2.05, 4.69) is 12.2 Å². The summed E-state index contributed by atoms with van der Waals surface area (Å²) >= 11 is 0. The molecule has 0 amide bonds. The summed E-state index contributed by atoms with van der Waals surface area (Å²) in [4.78, 5) is 0. The van der Waals surface area contributed by atoms with Crippen LogP contribution >= 0.6 is 0 Å². The highest BCUT2D eigenvalue weighted by Gasteiger charge is 2.26. The zero-order valence-corrected chi connectivity index (χ0v) is 13.9. The van der Waals surface area contributed by atoms with Crippen LogP contribution in [0.25, 0.3) is 0 Å². The molecule has 1 aliphatic heterocycles.